The molecule has 5 heteroatoms. The standard InChI is InChI=1S/C41H47NO4/c1-3-5-7-11-30-16-20-33(21-17-30)41(34-22-18-31(19-23-34)12-8-6-4-2)46-39-14-9-13-37-36(39)29-38(42-37)32-24-26-35(27-25-32)45-28-10-15-40(43)44/h9,13-14,16-27,29,41-42H,3-8,10-12,15,28H2,1-2H3,(H,43,44). The Hall–Kier alpha value is -4.51. The highest BCUT2D eigenvalue weighted by atomic mass is 16.5. The van der Waals surface area contributed by atoms with Gasteiger partial charge in [-0.1, -0.05) is 94.1 Å². The number of hydrogen-bond donors (Lipinski definition) is 2. The number of nitrogens with one attached hydrogen (secondary N) is 1. The first-order chi connectivity index (χ1) is 22.5. The number of ether oxygens (including phenoxy) is 2. The molecular formula is C41H47NO4. The molecule has 5 nitrogen and oxygen atoms in total. The number of aryl methyl sites for hydroxylation is 2. The number of carboxylic acid groups (broad SMARTS) is 1. The quantitative estimate of drug-likeness (QED) is 0.0960. The number of benzene rings is 4. The van der Waals surface area contributed by atoms with E-state index in [9.17, 15) is 4.79 Å². The van der Waals surface area contributed by atoms with Gasteiger partial charge >= 0.3 is 5.97 Å². The first kappa shape index (κ1) is 32.9. The van der Waals surface area contributed by atoms with Crippen LogP contribution in [-0.2, 0) is 17.6 Å². The van der Waals surface area contributed by atoms with Gasteiger partial charge in [-0.3, -0.25) is 4.79 Å². The summed E-state index contributed by atoms with van der Waals surface area (Å²) in [6.45, 7) is 4.87. The molecule has 0 amide bonds. The smallest absolute Gasteiger partial charge is 0.303 e. The molecule has 0 fully saturated rings. The van der Waals surface area contributed by atoms with E-state index in [0.717, 1.165) is 57.6 Å². The minimum absolute atomic E-state index is 0.104. The van der Waals surface area contributed by atoms with Crippen LogP contribution in [0.4, 0.5) is 0 Å². The number of aromatic nitrogens is 1. The molecule has 0 unspecified atom stereocenters. The second-order valence-corrected chi connectivity index (χ2v) is 12.2. The van der Waals surface area contributed by atoms with E-state index >= 15 is 0 Å². The third-order valence-electron chi connectivity index (χ3n) is 8.54. The van der Waals surface area contributed by atoms with Gasteiger partial charge in [-0.2, -0.15) is 0 Å². The maximum atomic E-state index is 10.8. The molecule has 5 aromatic rings. The lowest BCUT2D eigenvalue weighted by Gasteiger charge is -2.21. The van der Waals surface area contributed by atoms with Crippen LogP contribution < -0.4 is 9.47 Å². The van der Waals surface area contributed by atoms with Gasteiger partial charge in [0.15, 0.2) is 0 Å². The Morgan fingerprint density at radius 3 is 1.91 bits per heavy atom. The van der Waals surface area contributed by atoms with Gasteiger partial charge < -0.3 is 19.6 Å². The molecule has 1 heterocycles. The van der Waals surface area contributed by atoms with E-state index in [1.807, 2.05) is 30.3 Å². The zero-order valence-electron chi connectivity index (χ0n) is 27.3. The van der Waals surface area contributed by atoms with E-state index in [4.69, 9.17) is 14.6 Å². The Kier molecular flexibility index (Phi) is 11.9. The molecule has 4 aromatic carbocycles. The molecule has 0 aliphatic heterocycles. The normalized spacial score (nSPS) is 11.3. The second kappa shape index (κ2) is 16.7. The largest absolute Gasteiger partial charge is 0.494 e. The van der Waals surface area contributed by atoms with Gasteiger partial charge in [0.2, 0.25) is 0 Å². The predicted octanol–water partition coefficient (Wildman–Crippen LogP) is 10.7. The van der Waals surface area contributed by atoms with Crippen LogP contribution in [0.15, 0.2) is 97.1 Å². The summed E-state index contributed by atoms with van der Waals surface area (Å²) in [7, 11) is 0. The fourth-order valence-corrected chi connectivity index (χ4v) is 5.86. The van der Waals surface area contributed by atoms with E-state index in [-0.39, 0.29) is 12.5 Å². The molecule has 0 aliphatic carbocycles. The maximum Gasteiger partial charge on any atom is 0.303 e. The lowest BCUT2D eigenvalue weighted by Crippen LogP contribution is -2.10. The average molecular weight is 618 g/mol. The summed E-state index contributed by atoms with van der Waals surface area (Å²) in [4.78, 5) is 14.3. The van der Waals surface area contributed by atoms with E-state index in [1.54, 1.807) is 0 Å². The first-order valence-electron chi connectivity index (χ1n) is 16.9. The van der Waals surface area contributed by atoms with Crippen LogP contribution in [0.25, 0.3) is 22.2 Å². The summed E-state index contributed by atoms with van der Waals surface area (Å²) in [5.41, 5.74) is 8.07. The highest BCUT2D eigenvalue weighted by Crippen LogP contribution is 2.36. The molecule has 0 spiro atoms. The van der Waals surface area contributed by atoms with Crippen LogP contribution in [0.3, 0.4) is 0 Å². The van der Waals surface area contributed by atoms with Crippen LogP contribution in [0.5, 0.6) is 11.5 Å². The molecule has 0 saturated heterocycles. The molecule has 0 bridgehead atoms. The van der Waals surface area contributed by atoms with Crippen molar-refractivity contribution >= 4 is 16.9 Å². The number of unbranched alkanes of at least 4 members (excludes halogenated alkanes) is 4. The van der Waals surface area contributed by atoms with Crippen molar-refractivity contribution in [3.8, 4) is 22.8 Å². The number of fused-ring (bicyclic) bond motifs is 1. The summed E-state index contributed by atoms with van der Waals surface area (Å²) in [5, 5.41) is 9.87. The van der Waals surface area contributed by atoms with Gasteiger partial charge in [-0.25, -0.2) is 0 Å². The van der Waals surface area contributed by atoms with Crippen molar-refractivity contribution in [3.63, 3.8) is 0 Å². The van der Waals surface area contributed by atoms with Crippen molar-refractivity contribution in [3.05, 3.63) is 119 Å². The van der Waals surface area contributed by atoms with Crippen molar-refractivity contribution < 1.29 is 19.4 Å². The fourth-order valence-electron chi connectivity index (χ4n) is 5.86. The Labute approximate surface area is 273 Å². The zero-order valence-corrected chi connectivity index (χ0v) is 27.3. The molecule has 0 atom stereocenters. The topological polar surface area (TPSA) is 71.5 Å². The average Bonchev–Trinajstić information content (AvgIpc) is 3.52. The monoisotopic (exact) mass is 617 g/mol. The van der Waals surface area contributed by atoms with Crippen LogP contribution >= 0.6 is 0 Å². The Bertz CT molecular complexity index is 1600. The molecule has 46 heavy (non-hydrogen) atoms. The summed E-state index contributed by atoms with van der Waals surface area (Å²) >= 11 is 0. The van der Waals surface area contributed by atoms with E-state index in [1.165, 1.54) is 49.7 Å². The Morgan fingerprint density at radius 2 is 1.35 bits per heavy atom. The predicted molar refractivity (Wildman–Crippen MR) is 188 cm³/mol. The summed E-state index contributed by atoms with van der Waals surface area (Å²) in [6.07, 6.45) is 9.96. The molecule has 2 N–H and O–H groups in total. The molecule has 0 radical (unpaired) electrons. The highest BCUT2D eigenvalue weighted by Gasteiger charge is 2.19. The molecular weight excluding hydrogens is 570 g/mol. The van der Waals surface area contributed by atoms with Gasteiger partial charge in [-0.15, -0.1) is 0 Å². The first-order valence-corrected chi connectivity index (χ1v) is 16.9. The Morgan fingerprint density at radius 1 is 0.739 bits per heavy atom. The van der Waals surface area contributed by atoms with E-state index in [2.05, 4.69) is 85.6 Å². The number of H-pyrrole nitrogens is 1. The zero-order chi connectivity index (χ0) is 32.1. The summed E-state index contributed by atoms with van der Waals surface area (Å²) in [6, 6.07) is 34.2. The van der Waals surface area contributed by atoms with Gasteiger partial charge in [-0.05, 0) is 102 Å². The highest BCUT2D eigenvalue weighted by molar-refractivity contribution is 5.91. The van der Waals surface area contributed by atoms with Crippen LogP contribution in [-0.4, -0.2) is 22.7 Å². The number of rotatable bonds is 18. The van der Waals surface area contributed by atoms with E-state index in [0.29, 0.717) is 13.0 Å². The van der Waals surface area contributed by atoms with Crippen molar-refractivity contribution in [1.82, 2.24) is 4.98 Å². The van der Waals surface area contributed by atoms with Crippen molar-refractivity contribution in [2.75, 3.05) is 6.61 Å². The molecule has 0 aliphatic rings. The minimum atomic E-state index is -0.807. The minimum Gasteiger partial charge on any atom is -0.494 e. The van der Waals surface area contributed by atoms with Crippen LogP contribution in [0, 0.1) is 0 Å². The second-order valence-electron chi connectivity index (χ2n) is 12.2. The van der Waals surface area contributed by atoms with Gasteiger partial charge in [0, 0.05) is 23.0 Å². The third kappa shape index (κ3) is 9.03. The van der Waals surface area contributed by atoms with E-state index < -0.39 is 5.97 Å². The number of carboxylic acids is 1. The van der Waals surface area contributed by atoms with Gasteiger partial charge in [0.1, 0.15) is 17.6 Å². The van der Waals surface area contributed by atoms with Gasteiger partial charge in [0.25, 0.3) is 0 Å². The van der Waals surface area contributed by atoms with Crippen molar-refractivity contribution in [2.45, 2.75) is 84.2 Å². The molecule has 1 aromatic heterocycles. The summed E-state index contributed by atoms with van der Waals surface area (Å²) < 4.78 is 12.7. The number of aromatic amines is 1. The lowest BCUT2D eigenvalue weighted by molar-refractivity contribution is -0.137. The number of aliphatic carboxylic acids is 1. The van der Waals surface area contributed by atoms with Gasteiger partial charge in [0.05, 0.1) is 6.61 Å². The maximum absolute atomic E-state index is 10.8. The third-order valence-corrected chi connectivity index (χ3v) is 8.54. The SMILES string of the molecule is CCCCCc1ccc(C(Oc2cccc3[nH]c(-c4ccc(OCCCC(=O)O)cc4)cc23)c2ccc(CCCCC)cc2)cc1. The number of hydrogen-bond acceptors (Lipinski definition) is 3. The molecule has 0 saturated carbocycles. The van der Waals surface area contributed by atoms with Crippen LogP contribution in [0.2, 0.25) is 0 Å². The molecule has 240 valence electrons. The fraction of sp³-hybridized carbons (Fsp3) is 0.341. The Balaban J connectivity index is 1.38. The van der Waals surface area contributed by atoms with Crippen molar-refractivity contribution in [2.24, 2.45) is 0 Å². The lowest BCUT2D eigenvalue weighted by atomic mass is 9.97. The van der Waals surface area contributed by atoms with Crippen molar-refractivity contribution in [1.29, 1.82) is 0 Å². The van der Waals surface area contributed by atoms with Crippen LogP contribution in [0.1, 0.15) is 93.6 Å². The summed E-state index contributed by atoms with van der Waals surface area (Å²) in [5.74, 6) is 0.756. The number of carbonyl (C=O) groups is 1. The molecule has 5 rings (SSSR count).